The summed E-state index contributed by atoms with van der Waals surface area (Å²) in [4.78, 5) is 7.57. The number of rotatable bonds is 1. The lowest BCUT2D eigenvalue weighted by atomic mass is 10.3. The highest BCUT2D eigenvalue weighted by Gasteiger charge is 2.34. The van der Waals surface area contributed by atoms with Crippen molar-refractivity contribution in [3.63, 3.8) is 0 Å². The van der Waals surface area contributed by atoms with Crippen LogP contribution < -0.4 is 5.73 Å². The molecule has 0 fully saturated rings. The molecule has 7 heteroatoms. The summed E-state index contributed by atoms with van der Waals surface area (Å²) < 4.78 is 36.9. The van der Waals surface area contributed by atoms with Crippen LogP contribution in [0.1, 0.15) is 5.01 Å². The Labute approximate surface area is 92.8 Å². The van der Waals surface area contributed by atoms with Crippen molar-refractivity contribution in [1.29, 1.82) is 0 Å². The first kappa shape index (κ1) is 10.9. The second kappa shape index (κ2) is 3.75. The van der Waals surface area contributed by atoms with Gasteiger partial charge in [-0.05, 0) is 12.1 Å². The molecule has 0 atom stereocenters. The molecule has 16 heavy (non-hydrogen) atoms. The Morgan fingerprint density at radius 1 is 1.25 bits per heavy atom. The second-order valence-corrected chi connectivity index (χ2v) is 4.01. The molecule has 0 radical (unpaired) electrons. The highest BCUT2D eigenvalue weighted by molar-refractivity contribution is 7.15. The molecule has 0 saturated carbocycles. The van der Waals surface area contributed by atoms with Crippen molar-refractivity contribution >= 4 is 17.2 Å². The van der Waals surface area contributed by atoms with Crippen molar-refractivity contribution < 1.29 is 13.2 Å². The maximum Gasteiger partial charge on any atom is 0.443 e. The van der Waals surface area contributed by atoms with Gasteiger partial charge in [-0.25, -0.2) is 9.97 Å². The molecule has 0 aromatic carbocycles. The number of nitrogen functional groups attached to an aromatic ring is 1. The number of thiazole rings is 1. The Hall–Kier alpha value is -1.63. The number of hydrogen-bond acceptors (Lipinski definition) is 4. The molecule has 3 nitrogen and oxygen atoms in total. The fraction of sp³-hybridized carbons (Fsp3) is 0.111. The summed E-state index contributed by atoms with van der Waals surface area (Å²) in [6, 6.07) is 4.78. The van der Waals surface area contributed by atoms with Crippen molar-refractivity contribution in [3.05, 3.63) is 29.4 Å². The highest BCUT2D eigenvalue weighted by atomic mass is 32.1. The number of hydrogen-bond donors (Lipinski definition) is 1. The van der Waals surface area contributed by atoms with Gasteiger partial charge >= 0.3 is 6.18 Å². The van der Waals surface area contributed by atoms with Crippen molar-refractivity contribution in [1.82, 2.24) is 9.97 Å². The van der Waals surface area contributed by atoms with Gasteiger partial charge in [-0.15, -0.1) is 11.3 Å². The average Bonchev–Trinajstić information content (AvgIpc) is 2.65. The van der Waals surface area contributed by atoms with Crippen molar-refractivity contribution in [2.45, 2.75) is 6.18 Å². The van der Waals surface area contributed by atoms with E-state index in [0.29, 0.717) is 21.9 Å². The minimum atomic E-state index is -4.41. The Kier molecular flexibility index (Phi) is 2.55. The van der Waals surface area contributed by atoms with Crippen LogP contribution in [0.4, 0.5) is 19.0 Å². The molecule has 2 heterocycles. The number of anilines is 1. The normalized spacial score (nSPS) is 11.7. The molecule has 0 spiro atoms. The molecule has 2 aromatic heterocycles. The van der Waals surface area contributed by atoms with Crippen LogP contribution in [-0.4, -0.2) is 9.97 Å². The summed E-state index contributed by atoms with van der Waals surface area (Å²) in [5.41, 5.74) is 5.84. The van der Waals surface area contributed by atoms with E-state index in [1.807, 2.05) is 0 Å². The fourth-order valence-corrected chi connectivity index (χ4v) is 1.87. The van der Waals surface area contributed by atoms with E-state index in [-0.39, 0.29) is 5.82 Å². The monoisotopic (exact) mass is 245 g/mol. The zero-order chi connectivity index (χ0) is 11.8. The van der Waals surface area contributed by atoms with Gasteiger partial charge in [0.15, 0.2) is 5.01 Å². The first-order chi connectivity index (χ1) is 7.47. The molecule has 0 aliphatic carbocycles. The standard InChI is InChI=1S/C9H6F3N3S/c10-9(11,12)8-14-4-6(16-8)5-2-1-3-7(13)15-5/h1-4H,(H2,13,15). The van der Waals surface area contributed by atoms with Gasteiger partial charge in [0.25, 0.3) is 0 Å². The second-order valence-electron chi connectivity index (χ2n) is 2.98. The molecule has 0 unspecified atom stereocenters. The fourth-order valence-electron chi connectivity index (χ4n) is 1.11. The van der Waals surface area contributed by atoms with Crippen LogP contribution >= 0.6 is 11.3 Å². The summed E-state index contributed by atoms with van der Waals surface area (Å²) in [5, 5.41) is -0.883. The number of pyridine rings is 1. The Morgan fingerprint density at radius 2 is 2.00 bits per heavy atom. The molecule has 2 rings (SSSR count). The first-order valence-corrected chi connectivity index (χ1v) is 5.04. The van der Waals surface area contributed by atoms with Gasteiger partial charge in [-0.3, -0.25) is 0 Å². The maximum absolute atomic E-state index is 12.3. The van der Waals surface area contributed by atoms with Gasteiger partial charge in [0.2, 0.25) is 0 Å². The van der Waals surface area contributed by atoms with Crippen LogP contribution in [0.2, 0.25) is 0 Å². The van der Waals surface area contributed by atoms with Crippen LogP contribution in [0.25, 0.3) is 10.6 Å². The largest absolute Gasteiger partial charge is 0.443 e. The van der Waals surface area contributed by atoms with Crippen LogP contribution in [0.15, 0.2) is 24.4 Å². The van der Waals surface area contributed by atoms with E-state index >= 15 is 0 Å². The molecule has 0 bridgehead atoms. The predicted molar refractivity (Wildman–Crippen MR) is 54.8 cm³/mol. The summed E-state index contributed by atoms with van der Waals surface area (Å²) in [6.45, 7) is 0. The van der Waals surface area contributed by atoms with Gasteiger partial charge in [-0.2, -0.15) is 13.2 Å². The lowest BCUT2D eigenvalue weighted by Crippen LogP contribution is -2.02. The average molecular weight is 245 g/mol. The topological polar surface area (TPSA) is 51.8 Å². The molecule has 0 aliphatic rings. The van der Waals surface area contributed by atoms with Crippen LogP contribution in [-0.2, 0) is 6.18 Å². The van der Waals surface area contributed by atoms with Crippen LogP contribution in [0, 0.1) is 0 Å². The smallest absolute Gasteiger partial charge is 0.384 e. The molecule has 2 N–H and O–H groups in total. The number of halogens is 3. The van der Waals surface area contributed by atoms with Crippen LogP contribution in [0.3, 0.4) is 0 Å². The summed E-state index contributed by atoms with van der Waals surface area (Å²) in [7, 11) is 0. The molecular weight excluding hydrogens is 239 g/mol. The first-order valence-electron chi connectivity index (χ1n) is 4.23. The number of nitrogens with zero attached hydrogens (tertiary/aromatic N) is 2. The predicted octanol–water partition coefficient (Wildman–Crippen LogP) is 2.81. The van der Waals surface area contributed by atoms with E-state index in [0.717, 1.165) is 6.20 Å². The van der Waals surface area contributed by atoms with Crippen LogP contribution in [0.5, 0.6) is 0 Å². The number of aromatic nitrogens is 2. The Morgan fingerprint density at radius 3 is 2.56 bits per heavy atom. The van der Waals surface area contributed by atoms with E-state index in [4.69, 9.17) is 5.73 Å². The van der Waals surface area contributed by atoms with Gasteiger partial charge in [0.05, 0.1) is 10.6 Å². The molecule has 0 saturated heterocycles. The zero-order valence-electron chi connectivity index (χ0n) is 7.82. The summed E-state index contributed by atoms with van der Waals surface area (Å²) in [5.74, 6) is 0.263. The number of alkyl halides is 3. The molecule has 0 amide bonds. The van der Waals surface area contributed by atoms with E-state index in [1.54, 1.807) is 18.2 Å². The van der Waals surface area contributed by atoms with Gasteiger partial charge in [0.1, 0.15) is 5.82 Å². The van der Waals surface area contributed by atoms with Crippen molar-refractivity contribution in [2.75, 3.05) is 5.73 Å². The van der Waals surface area contributed by atoms with Crippen molar-refractivity contribution in [3.8, 4) is 10.6 Å². The lowest BCUT2D eigenvalue weighted by Gasteiger charge is -1.99. The molecular formula is C9H6F3N3S. The zero-order valence-corrected chi connectivity index (χ0v) is 8.64. The molecule has 2 aromatic rings. The van der Waals surface area contributed by atoms with E-state index in [1.165, 1.54) is 0 Å². The number of nitrogens with two attached hydrogens (primary N) is 1. The Bertz CT molecular complexity index is 507. The van der Waals surface area contributed by atoms with E-state index in [9.17, 15) is 13.2 Å². The maximum atomic E-state index is 12.3. The summed E-state index contributed by atoms with van der Waals surface area (Å²) in [6.07, 6.45) is -3.27. The quantitative estimate of drug-likeness (QED) is 0.840. The van der Waals surface area contributed by atoms with E-state index < -0.39 is 11.2 Å². The SMILES string of the molecule is Nc1cccc(-c2cnc(C(F)(F)F)s2)n1. The lowest BCUT2D eigenvalue weighted by molar-refractivity contribution is -0.137. The third kappa shape index (κ3) is 2.13. The third-order valence-corrected chi connectivity index (χ3v) is 2.84. The Balaban J connectivity index is 2.39. The highest BCUT2D eigenvalue weighted by Crippen LogP contribution is 2.35. The van der Waals surface area contributed by atoms with Gasteiger partial charge in [-0.1, -0.05) is 6.07 Å². The van der Waals surface area contributed by atoms with Crippen molar-refractivity contribution in [2.24, 2.45) is 0 Å². The summed E-state index contributed by atoms with van der Waals surface area (Å²) >= 11 is 0.547. The molecule has 0 aliphatic heterocycles. The van der Waals surface area contributed by atoms with Gasteiger partial charge < -0.3 is 5.73 Å². The third-order valence-electron chi connectivity index (χ3n) is 1.77. The molecule has 84 valence electrons. The van der Waals surface area contributed by atoms with Gasteiger partial charge in [0, 0.05) is 6.20 Å². The minimum Gasteiger partial charge on any atom is -0.384 e. The minimum absolute atomic E-state index is 0.263. The van der Waals surface area contributed by atoms with E-state index in [2.05, 4.69) is 9.97 Å².